The summed E-state index contributed by atoms with van der Waals surface area (Å²) in [5.74, 6) is 4.13. The van der Waals surface area contributed by atoms with Crippen molar-refractivity contribution < 1.29 is 29.4 Å². The molecule has 39 heavy (non-hydrogen) atoms. The highest BCUT2D eigenvalue weighted by Gasteiger charge is 2.41. The van der Waals surface area contributed by atoms with E-state index in [9.17, 15) is 0 Å². The van der Waals surface area contributed by atoms with E-state index < -0.39 is 26.7 Å². The average Bonchev–Trinajstić information content (AvgIpc) is 3.35. The molecule has 0 bridgehead atoms. The summed E-state index contributed by atoms with van der Waals surface area (Å²) in [6.07, 6.45) is 6.46. The maximum Gasteiger partial charge on any atom is 0.167 e. The van der Waals surface area contributed by atoms with E-state index >= 15 is 0 Å². The minimum absolute atomic E-state index is 0.202. The summed E-state index contributed by atoms with van der Waals surface area (Å²) in [5.41, 5.74) is 1.84. The minimum atomic E-state index is -1.15. The molecule has 1 fully saturated rings. The van der Waals surface area contributed by atoms with Gasteiger partial charge in [0.05, 0.1) is 34.9 Å². The number of unbranched alkanes of at least 4 members (excludes halogenated alkanes) is 1. The van der Waals surface area contributed by atoms with Crippen molar-refractivity contribution in [2.75, 3.05) is 40.7 Å². The quantitative estimate of drug-likeness (QED) is 0.0981. The van der Waals surface area contributed by atoms with Crippen molar-refractivity contribution in [3.05, 3.63) is 95.6 Å². The molecule has 0 saturated carbocycles. The molecule has 1 aliphatic rings. The number of hydrogen-bond donors (Lipinski definition) is 0. The summed E-state index contributed by atoms with van der Waals surface area (Å²) >= 11 is 0. The summed E-state index contributed by atoms with van der Waals surface area (Å²) < 4.78 is 44.2. The largest absolute Gasteiger partial charge is 0.497 e. The van der Waals surface area contributed by atoms with Crippen molar-refractivity contribution in [1.29, 1.82) is 0 Å². The number of ether oxygens (including phenoxy) is 4. The Morgan fingerprint density at radius 1 is 0.949 bits per heavy atom. The molecule has 7 heteroatoms. The Kier molecular flexibility index (Phi) is 10.3. The monoisotopic (exact) mass is 550 g/mol. The maximum absolute atomic E-state index is 8.30. The third-order valence-electron chi connectivity index (χ3n) is 6.67. The Balaban J connectivity index is 1.66. The van der Waals surface area contributed by atoms with Crippen LogP contribution in [0.4, 0.5) is 0 Å². The van der Waals surface area contributed by atoms with Crippen molar-refractivity contribution in [2.45, 2.75) is 37.1 Å². The van der Waals surface area contributed by atoms with Crippen LogP contribution < -0.4 is 9.47 Å². The lowest BCUT2D eigenvalue weighted by Crippen LogP contribution is -2.38. The highest BCUT2D eigenvalue weighted by atomic mass is 31.2. The molecular formula is C32H37O6P. The predicted molar refractivity (Wildman–Crippen MR) is 154 cm³/mol. The van der Waals surface area contributed by atoms with Crippen LogP contribution in [0, 0.1) is 12.3 Å². The molecule has 4 atom stereocenters. The molecule has 1 saturated heterocycles. The normalized spacial score (nSPS) is 20.2. The summed E-state index contributed by atoms with van der Waals surface area (Å²) in [5, 5.41) is 0. The molecule has 6 nitrogen and oxygen atoms in total. The summed E-state index contributed by atoms with van der Waals surface area (Å²) in [6.45, 7) is 1.96. The highest BCUT2D eigenvalue weighted by molar-refractivity contribution is 7.46. The van der Waals surface area contributed by atoms with E-state index in [-0.39, 0.29) is 12.7 Å². The number of rotatable bonds is 14. The molecule has 0 aromatic heterocycles. The van der Waals surface area contributed by atoms with Gasteiger partial charge in [0.2, 0.25) is 0 Å². The van der Waals surface area contributed by atoms with Crippen LogP contribution in [0.3, 0.4) is 0 Å². The van der Waals surface area contributed by atoms with Crippen molar-refractivity contribution in [2.24, 2.45) is 0 Å². The van der Waals surface area contributed by atoms with Gasteiger partial charge in [-0.3, -0.25) is 0 Å². The van der Waals surface area contributed by atoms with E-state index in [4.69, 9.17) is 35.8 Å². The third kappa shape index (κ3) is 7.19. The van der Waals surface area contributed by atoms with Crippen LogP contribution >= 0.6 is 8.38 Å². The second-order valence-electron chi connectivity index (χ2n) is 9.12. The number of benzene rings is 3. The van der Waals surface area contributed by atoms with E-state index in [1.807, 2.05) is 73.4 Å². The first-order valence-electron chi connectivity index (χ1n) is 13.6. The van der Waals surface area contributed by atoms with Gasteiger partial charge in [-0.25, -0.2) is 0 Å². The lowest BCUT2D eigenvalue weighted by Gasteiger charge is -2.37. The Morgan fingerprint density at radius 2 is 1.54 bits per heavy atom. The van der Waals surface area contributed by atoms with Crippen LogP contribution in [0.2, 0.25) is 0 Å². The van der Waals surface area contributed by atoms with Gasteiger partial charge < -0.3 is 28.0 Å². The summed E-state index contributed by atoms with van der Waals surface area (Å²) in [4.78, 5) is 0. The molecule has 0 amide bonds. The fourth-order valence-corrected chi connectivity index (χ4v) is 5.69. The predicted octanol–water partition coefficient (Wildman–Crippen LogP) is 6.56. The fraction of sp³-hybridized carbons (Fsp3) is 0.375. The molecule has 1 heterocycles. The number of hydrogen-bond acceptors (Lipinski definition) is 6. The number of methoxy groups -OCH3 is 2. The van der Waals surface area contributed by atoms with Crippen molar-refractivity contribution in [3.8, 4) is 23.8 Å². The SMILES string of the molecule is [3H][C@H]1C[C@@H](OP(C)OCCCC#C)[C@@H](COC(c2ccccc2)(c2ccc(OC)cc2)c2ccc(OC)cc2)O1. The molecule has 206 valence electrons. The zero-order valence-corrected chi connectivity index (χ0v) is 23.6. The molecule has 3 aromatic carbocycles. The Bertz CT molecular complexity index is 1170. The molecule has 0 spiro atoms. The molecular weight excluding hydrogens is 511 g/mol. The van der Waals surface area contributed by atoms with Crippen LogP contribution in [-0.2, 0) is 24.1 Å². The molecule has 0 N–H and O–H groups in total. The molecule has 4 rings (SSSR count). The molecule has 1 aliphatic heterocycles. The standard InChI is InChI=1S/C32H37O6P/c1-5-6-10-22-37-39(4)38-30-21-23-35-31(30)24-36-32(25-11-8-7-9-12-25,26-13-17-28(33-2)18-14-26)27-15-19-29(34-3)20-16-27/h1,7-9,11-20,30-31H,6,10,21-24H2,2-4H3/t30-,31-,39?/m1/s1/i23T/t23-,30+,31+,39?/m0. The first kappa shape index (κ1) is 27.6. The molecule has 1 unspecified atom stereocenters. The second kappa shape index (κ2) is 14.5. The van der Waals surface area contributed by atoms with Gasteiger partial charge >= 0.3 is 0 Å². The van der Waals surface area contributed by atoms with E-state index in [1.165, 1.54) is 0 Å². The van der Waals surface area contributed by atoms with Gasteiger partial charge in [-0.05, 0) is 47.4 Å². The van der Waals surface area contributed by atoms with Crippen molar-refractivity contribution in [3.63, 3.8) is 0 Å². The first-order chi connectivity index (χ1) is 19.5. The zero-order valence-electron chi connectivity index (χ0n) is 23.7. The summed E-state index contributed by atoms with van der Waals surface area (Å²) in [7, 11) is 2.15. The van der Waals surface area contributed by atoms with Gasteiger partial charge in [-0.15, -0.1) is 12.3 Å². The van der Waals surface area contributed by atoms with E-state index in [0.717, 1.165) is 34.6 Å². The maximum atomic E-state index is 8.30. The average molecular weight is 551 g/mol. The van der Waals surface area contributed by atoms with Gasteiger partial charge in [0.25, 0.3) is 0 Å². The third-order valence-corrected chi connectivity index (χ3v) is 7.79. The smallest absolute Gasteiger partial charge is 0.167 e. The minimum Gasteiger partial charge on any atom is -0.497 e. The second-order valence-corrected chi connectivity index (χ2v) is 10.5. The van der Waals surface area contributed by atoms with Gasteiger partial charge in [0, 0.05) is 26.1 Å². The highest BCUT2D eigenvalue weighted by Crippen LogP contribution is 2.43. The fourth-order valence-electron chi connectivity index (χ4n) is 4.64. The van der Waals surface area contributed by atoms with Crippen LogP contribution in [0.25, 0.3) is 0 Å². The Morgan fingerprint density at radius 3 is 2.10 bits per heavy atom. The molecule has 3 aromatic rings. The van der Waals surface area contributed by atoms with Gasteiger partial charge in [0.15, 0.2) is 8.38 Å². The zero-order chi connectivity index (χ0) is 28.4. The lowest BCUT2D eigenvalue weighted by atomic mass is 9.80. The van der Waals surface area contributed by atoms with Crippen LogP contribution in [-0.4, -0.2) is 52.9 Å². The van der Waals surface area contributed by atoms with E-state index in [2.05, 4.69) is 18.1 Å². The lowest BCUT2D eigenvalue weighted by molar-refractivity contribution is -0.0658. The molecule has 0 radical (unpaired) electrons. The van der Waals surface area contributed by atoms with E-state index in [0.29, 0.717) is 19.4 Å². The van der Waals surface area contributed by atoms with Crippen LogP contribution in [0.5, 0.6) is 11.5 Å². The van der Waals surface area contributed by atoms with Gasteiger partial charge in [-0.2, -0.15) is 0 Å². The summed E-state index contributed by atoms with van der Waals surface area (Å²) in [6, 6.07) is 25.9. The first-order valence-corrected chi connectivity index (χ1v) is 14.7. The van der Waals surface area contributed by atoms with E-state index in [1.54, 1.807) is 14.2 Å². The van der Waals surface area contributed by atoms with Crippen molar-refractivity contribution >= 4 is 8.38 Å². The Labute approximate surface area is 234 Å². The number of terminal acetylenes is 1. The van der Waals surface area contributed by atoms with Gasteiger partial charge in [0.1, 0.15) is 23.2 Å². The Hall–Kier alpha value is -2.91. The van der Waals surface area contributed by atoms with Gasteiger partial charge in [-0.1, -0.05) is 54.6 Å². The van der Waals surface area contributed by atoms with Crippen molar-refractivity contribution in [1.82, 2.24) is 0 Å². The molecule has 0 aliphatic carbocycles. The van der Waals surface area contributed by atoms with Crippen LogP contribution in [0.1, 0.15) is 37.3 Å². The van der Waals surface area contributed by atoms with Crippen LogP contribution in [0.15, 0.2) is 78.9 Å². The topological polar surface area (TPSA) is 55.4 Å².